The molecule has 8 nitrogen and oxygen atoms in total. The number of phenolic OH excluding ortho intramolecular Hbond substituents is 1. The van der Waals surface area contributed by atoms with Crippen molar-refractivity contribution in [3.05, 3.63) is 29.3 Å². The molecular weight excluding hydrogens is 384 g/mol. The van der Waals surface area contributed by atoms with E-state index in [9.17, 15) is 19.8 Å². The molecule has 1 aromatic carbocycles. The van der Waals surface area contributed by atoms with Crippen LogP contribution in [-0.4, -0.2) is 82.9 Å². The number of aromatic hydroxyl groups is 1. The number of benzene rings is 1. The first-order valence-corrected chi connectivity index (χ1v) is 10.8. The summed E-state index contributed by atoms with van der Waals surface area (Å²) < 4.78 is 0. The number of likely N-dealkylation sites (tertiary alicyclic amines) is 1. The summed E-state index contributed by atoms with van der Waals surface area (Å²) in [5.74, 6) is -0.138. The Morgan fingerprint density at radius 2 is 2.03 bits per heavy atom. The zero-order chi connectivity index (χ0) is 21.3. The molecule has 2 saturated heterocycles. The summed E-state index contributed by atoms with van der Waals surface area (Å²) in [5.41, 5.74) is -0.664. The summed E-state index contributed by atoms with van der Waals surface area (Å²) in [5, 5.41) is 27.8. The number of hydrogen-bond acceptors (Lipinski definition) is 6. The van der Waals surface area contributed by atoms with Gasteiger partial charge in [0.05, 0.1) is 5.60 Å². The number of amides is 3. The minimum Gasteiger partial charge on any atom is -0.508 e. The van der Waals surface area contributed by atoms with Gasteiger partial charge >= 0.3 is 6.03 Å². The Hall–Kier alpha value is -2.16. The van der Waals surface area contributed by atoms with Crippen LogP contribution in [0.25, 0.3) is 0 Å². The van der Waals surface area contributed by atoms with E-state index in [1.165, 1.54) is 0 Å². The Bertz CT molecular complexity index is 920. The molecule has 3 amide bonds. The first kappa shape index (κ1) is 19.8. The number of phenols is 1. The molecule has 4 unspecified atom stereocenters. The van der Waals surface area contributed by atoms with Crippen molar-refractivity contribution in [3.63, 3.8) is 0 Å². The van der Waals surface area contributed by atoms with Crippen LogP contribution >= 0.6 is 0 Å². The van der Waals surface area contributed by atoms with Crippen LogP contribution in [0.3, 0.4) is 0 Å². The third-order valence-electron chi connectivity index (χ3n) is 8.05. The first-order chi connectivity index (χ1) is 14.2. The number of imide groups is 1. The molecule has 2 heterocycles. The van der Waals surface area contributed by atoms with Crippen LogP contribution in [0.2, 0.25) is 0 Å². The third-order valence-corrected chi connectivity index (χ3v) is 8.05. The maximum Gasteiger partial charge on any atom is 0.322 e. The van der Waals surface area contributed by atoms with E-state index in [-0.39, 0.29) is 17.7 Å². The maximum absolute atomic E-state index is 12.8. The third kappa shape index (κ3) is 2.57. The number of fused-ring (bicyclic) bond motifs is 1. The van der Waals surface area contributed by atoms with E-state index in [4.69, 9.17) is 0 Å². The molecule has 162 valence electrons. The van der Waals surface area contributed by atoms with Gasteiger partial charge in [-0.15, -0.1) is 0 Å². The standard InChI is InChI=1S/C22H30N4O4/c1-25(2)9-10-26-8-7-20-13-21(18(28)23-19(29)24-21)5-6-22(20,30)17(26)11-14-3-4-15(27)12-16(14)20/h3-4,12,17,27,30H,5-11,13H2,1-2H3,(H2,23,24,28,29). The number of hydrogen-bond donors (Lipinski definition) is 4. The number of piperidine rings is 1. The minimum absolute atomic E-state index is 0.0549. The van der Waals surface area contributed by atoms with E-state index in [2.05, 4.69) is 20.4 Å². The number of nitrogens with zero attached hydrogens (tertiary/aromatic N) is 2. The monoisotopic (exact) mass is 414 g/mol. The fourth-order valence-electron chi connectivity index (χ4n) is 6.56. The molecule has 4 aliphatic rings. The van der Waals surface area contributed by atoms with Crippen molar-refractivity contribution in [2.45, 2.75) is 54.7 Å². The average molecular weight is 415 g/mol. The van der Waals surface area contributed by atoms with Crippen molar-refractivity contribution >= 4 is 11.9 Å². The van der Waals surface area contributed by atoms with Gasteiger partial charge in [-0.25, -0.2) is 4.79 Å². The molecule has 4 N–H and O–H groups in total. The van der Waals surface area contributed by atoms with E-state index in [0.717, 1.165) is 30.8 Å². The lowest BCUT2D eigenvalue weighted by atomic mass is 9.46. The van der Waals surface area contributed by atoms with Crippen LogP contribution < -0.4 is 10.6 Å². The number of urea groups is 1. The predicted molar refractivity (Wildman–Crippen MR) is 110 cm³/mol. The zero-order valence-electron chi connectivity index (χ0n) is 17.6. The highest BCUT2D eigenvalue weighted by Crippen LogP contribution is 2.60. The fraction of sp³-hybridized carbons (Fsp3) is 0.636. The van der Waals surface area contributed by atoms with Crippen LogP contribution in [-0.2, 0) is 16.6 Å². The van der Waals surface area contributed by atoms with Crippen LogP contribution in [0.5, 0.6) is 5.75 Å². The SMILES string of the molecule is CN(C)CCN1CCC23CC4(CCC2(O)C1Cc1ccc(O)cc13)NC(=O)NC4=O. The van der Waals surface area contributed by atoms with Gasteiger partial charge in [0.1, 0.15) is 11.3 Å². The van der Waals surface area contributed by atoms with Crippen LogP contribution in [0.4, 0.5) is 4.79 Å². The van der Waals surface area contributed by atoms with Crippen LogP contribution in [0, 0.1) is 0 Å². The summed E-state index contributed by atoms with van der Waals surface area (Å²) in [7, 11) is 4.10. The summed E-state index contributed by atoms with van der Waals surface area (Å²) in [6.07, 6.45) is 2.58. The van der Waals surface area contributed by atoms with Gasteiger partial charge < -0.3 is 20.4 Å². The molecule has 1 saturated carbocycles. The number of carbonyl (C=O) groups is 2. The molecule has 2 aliphatic carbocycles. The topological polar surface area (TPSA) is 105 Å². The van der Waals surface area contributed by atoms with Gasteiger partial charge in [-0.05, 0) is 76.0 Å². The fourth-order valence-corrected chi connectivity index (χ4v) is 6.56. The Balaban J connectivity index is 1.62. The Labute approximate surface area is 176 Å². The number of likely N-dealkylation sites (N-methyl/N-ethyl adjacent to an activating group) is 1. The highest BCUT2D eigenvalue weighted by molar-refractivity contribution is 6.07. The molecule has 2 bridgehead atoms. The van der Waals surface area contributed by atoms with Crippen LogP contribution in [0.15, 0.2) is 18.2 Å². The second-order valence-corrected chi connectivity index (χ2v) is 9.82. The number of carbonyl (C=O) groups excluding carboxylic acids is 2. The lowest BCUT2D eigenvalue weighted by Crippen LogP contribution is -2.76. The summed E-state index contributed by atoms with van der Waals surface area (Å²) in [6.45, 7) is 2.58. The molecule has 4 atom stereocenters. The normalized spacial score (nSPS) is 37.7. The lowest BCUT2D eigenvalue weighted by molar-refractivity contribution is -0.180. The highest BCUT2D eigenvalue weighted by Gasteiger charge is 2.69. The average Bonchev–Trinajstić information content (AvgIpc) is 2.95. The number of aliphatic hydroxyl groups is 1. The van der Waals surface area contributed by atoms with Crippen LogP contribution in [0.1, 0.15) is 36.8 Å². The van der Waals surface area contributed by atoms with Gasteiger partial charge in [-0.2, -0.15) is 0 Å². The summed E-state index contributed by atoms with van der Waals surface area (Å²) in [6, 6.07) is 4.89. The zero-order valence-corrected chi connectivity index (χ0v) is 17.6. The van der Waals surface area contributed by atoms with Gasteiger partial charge in [0.15, 0.2) is 0 Å². The van der Waals surface area contributed by atoms with E-state index in [1.54, 1.807) is 12.1 Å². The predicted octanol–water partition coefficient (Wildman–Crippen LogP) is 0.315. The Morgan fingerprint density at radius 1 is 1.23 bits per heavy atom. The Morgan fingerprint density at radius 3 is 2.73 bits per heavy atom. The van der Waals surface area contributed by atoms with E-state index in [1.807, 2.05) is 20.2 Å². The molecule has 5 rings (SSSR count). The second-order valence-electron chi connectivity index (χ2n) is 9.82. The molecule has 1 aromatic rings. The van der Waals surface area contributed by atoms with E-state index >= 15 is 0 Å². The van der Waals surface area contributed by atoms with Crippen molar-refractivity contribution < 1.29 is 19.8 Å². The van der Waals surface area contributed by atoms with Gasteiger partial charge in [0, 0.05) is 24.5 Å². The molecule has 0 aromatic heterocycles. The molecule has 3 fully saturated rings. The molecule has 8 heteroatoms. The second kappa shape index (κ2) is 6.42. The molecule has 2 aliphatic heterocycles. The number of nitrogens with one attached hydrogen (secondary N) is 2. The van der Waals surface area contributed by atoms with Crippen molar-refractivity contribution in [1.82, 2.24) is 20.4 Å². The highest BCUT2D eigenvalue weighted by atomic mass is 16.3. The van der Waals surface area contributed by atoms with E-state index < -0.39 is 22.6 Å². The quantitative estimate of drug-likeness (QED) is 0.531. The minimum atomic E-state index is -1.02. The van der Waals surface area contributed by atoms with Crippen molar-refractivity contribution in [3.8, 4) is 5.75 Å². The first-order valence-electron chi connectivity index (χ1n) is 10.8. The van der Waals surface area contributed by atoms with Crippen molar-refractivity contribution in [2.75, 3.05) is 33.7 Å². The van der Waals surface area contributed by atoms with Gasteiger partial charge in [-0.1, -0.05) is 6.07 Å². The molecule has 0 radical (unpaired) electrons. The molecule has 1 spiro atoms. The van der Waals surface area contributed by atoms with Gasteiger partial charge in [0.25, 0.3) is 5.91 Å². The smallest absolute Gasteiger partial charge is 0.322 e. The van der Waals surface area contributed by atoms with Gasteiger partial charge in [0.2, 0.25) is 0 Å². The Kier molecular flexibility index (Phi) is 4.23. The maximum atomic E-state index is 12.8. The number of rotatable bonds is 3. The summed E-state index contributed by atoms with van der Waals surface area (Å²) >= 11 is 0. The molecule has 30 heavy (non-hydrogen) atoms. The van der Waals surface area contributed by atoms with Crippen molar-refractivity contribution in [2.24, 2.45) is 0 Å². The summed E-state index contributed by atoms with van der Waals surface area (Å²) in [4.78, 5) is 29.3. The lowest BCUT2D eigenvalue weighted by Gasteiger charge is -2.65. The van der Waals surface area contributed by atoms with E-state index in [0.29, 0.717) is 32.1 Å². The van der Waals surface area contributed by atoms with Gasteiger partial charge in [-0.3, -0.25) is 15.0 Å². The largest absolute Gasteiger partial charge is 0.508 e. The van der Waals surface area contributed by atoms with Crippen molar-refractivity contribution in [1.29, 1.82) is 0 Å². The molecular formula is C22H30N4O4.